The van der Waals surface area contributed by atoms with E-state index >= 15 is 0 Å². The predicted molar refractivity (Wildman–Crippen MR) is 121 cm³/mol. The molecule has 0 saturated carbocycles. The Kier molecular flexibility index (Phi) is 5.62. The van der Waals surface area contributed by atoms with Crippen molar-refractivity contribution < 1.29 is 9.18 Å². The number of piperazine rings is 1. The van der Waals surface area contributed by atoms with E-state index in [-0.39, 0.29) is 17.3 Å². The Hall–Kier alpha value is -3.62. The minimum atomic E-state index is -0.746. The second kappa shape index (κ2) is 8.73. The van der Waals surface area contributed by atoms with Crippen molar-refractivity contribution in [3.8, 4) is 11.3 Å². The highest BCUT2D eigenvalue weighted by atomic mass is 19.1. The maximum atomic E-state index is 13.2. The van der Waals surface area contributed by atoms with Crippen molar-refractivity contribution in [2.24, 2.45) is 0 Å². The molecule has 33 heavy (non-hydrogen) atoms. The van der Waals surface area contributed by atoms with Crippen LogP contribution in [0.25, 0.3) is 11.3 Å². The minimum Gasteiger partial charge on any atom is -0.352 e. The van der Waals surface area contributed by atoms with E-state index < -0.39 is 6.04 Å². The molecule has 170 valence electrons. The van der Waals surface area contributed by atoms with Crippen molar-refractivity contribution >= 4 is 11.7 Å². The van der Waals surface area contributed by atoms with Crippen LogP contribution in [-0.2, 0) is 17.6 Å². The number of amides is 1. The Morgan fingerprint density at radius 3 is 2.52 bits per heavy atom. The standard InChI is InChI=1S/C24H25FN6O2/c1-16(31-23(32)10-9-21(28-31)17-5-7-19(25)8-6-17)24(33)30-13-11-29(12-14-30)22-15-18-3-2-4-20(18)26-27-22/h5-10,15-16H,2-4,11-14H2,1H3. The molecule has 9 heteroatoms. The van der Waals surface area contributed by atoms with Crippen LogP contribution in [0.15, 0.2) is 47.3 Å². The lowest BCUT2D eigenvalue weighted by molar-refractivity contribution is -0.135. The fourth-order valence-electron chi connectivity index (χ4n) is 4.47. The average Bonchev–Trinajstić information content (AvgIpc) is 3.32. The van der Waals surface area contributed by atoms with Crippen LogP contribution >= 0.6 is 0 Å². The van der Waals surface area contributed by atoms with Gasteiger partial charge in [-0.15, -0.1) is 5.10 Å². The number of aromatic nitrogens is 4. The van der Waals surface area contributed by atoms with Gasteiger partial charge in [0.2, 0.25) is 5.91 Å². The highest BCUT2D eigenvalue weighted by molar-refractivity contribution is 5.80. The van der Waals surface area contributed by atoms with Gasteiger partial charge in [-0.3, -0.25) is 9.59 Å². The Bertz CT molecular complexity index is 1230. The summed E-state index contributed by atoms with van der Waals surface area (Å²) in [4.78, 5) is 29.5. The quantitative estimate of drug-likeness (QED) is 0.609. The summed E-state index contributed by atoms with van der Waals surface area (Å²) in [6, 6.07) is 10.2. The molecule has 1 aromatic carbocycles. The minimum absolute atomic E-state index is 0.152. The maximum Gasteiger partial charge on any atom is 0.267 e. The molecule has 1 unspecified atom stereocenters. The zero-order chi connectivity index (χ0) is 22.9. The molecule has 1 fully saturated rings. The van der Waals surface area contributed by atoms with E-state index in [1.807, 2.05) is 0 Å². The van der Waals surface area contributed by atoms with E-state index in [0.717, 1.165) is 30.8 Å². The molecule has 2 aromatic heterocycles. The number of carbonyl (C=O) groups is 1. The number of hydrogen-bond acceptors (Lipinski definition) is 6. The number of nitrogens with zero attached hydrogens (tertiary/aromatic N) is 6. The molecule has 0 N–H and O–H groups in total. The second-order valence-corrected chi connectivity index (χ2v) is 8.52. The Morgan fingerprint density at radius 1 is 1.00 bits per heavy atom. The fourth-order valence-corrected chi connectivity index (χ4v) is 4.47. The summed E-state index contributed by atoms with van der Waals surface area (Å²) in [5.41, 5.74) is 3.21. The molecule has 0 spiro atoms. The lowest BCUT2D eigenvalue weighted by Gasteiger charge is -2.36. The predicted octanol–water partition coefficient (Wildman–Crippen LogP) is 2.24. The number of fused-ring (bicyclic) bond motifs is 1. The Morgan fingerprint density at radius 2 is 1.76 bits per heavy atom. The number of carbonyl (C=O) groups excluding carboxylic acids is 1. The van der Waals surface area contributed by atoms with Crippen molar-refractivity contribution in [1.82, 2.24) is 24.9 Å². The van der Waals surface area contributed by atoms with E-state index in [9.17, 15) is 14.0 Å². The van der Waals surface area contributed by atoms with Gasteiger partial charge in [0.15, 0.2) is 5.82 Å². The molecule has 0 bridgehead atoms. The van der Waals surface area contributed by atoms with Crippen LogP contribution in [0.4, 0.5) is 10.2 Å². The van der Waals surface area contributed by atoms with Crippen molar-refractivity contribution in [3.05, 3.63) is 69.9 Å². The van der Waals surface area contributed by atoms with E-state index in [1.165, 1.54) is 28.4 Å². The van der Waals surface area contributed by atoms with Gasteiger partial charge in [-0.05, 0) is 68.1 Å². The van der Waals surface area contributed by atoms with Gasteiger partial charge < -0.3 is 9.80 Å². The van der Waals surface area contributed by atoms with E-state index in [1.54, 1.807) is 30.0 Å². The van der Waals surface area contributed by atoms with Crippen molar-refractivity contribution in [3.63, 3.8) is 0 Å². The highest BCUT2D eigenvalue weighted by Crippen LogP contribution is 2.24. The maximum absolute atomic E-state index is 13.2. The van der Waals surface area contributed by atoms with Gasteiger partial charge in [-0.25, -0.2) is 9.07 Å². The first kappa shape index (κ1) is 21.2. The van der Waals surface area contributed by atoms with Crippen LogP contribution in [0.5, 0.6) is 0 Å². The topological polar surface area (TPSA) is 84.2 Å². The van der Waals surface area contributed by atoms with E-state index in [2.05, 4.69) is 26.3 Å². The molecule has 8 nitrogen and oxygen atoms in total. The Balaban J connectivity index is 1.28. The third-order valence-electron chi connectivity index (χ3n) is 6.41. The summed E-state index contributed by atoms with van der Waals surface area (Å²) in [5.74, 6) is 0.363. The Labute approximate surface area is 190 Å². The average molecular weight is 449 g/mol. The normalized spacial score (nSPS) is 16.5. The van der Waals surface area contributed by atoms with Crippen molar-refractivity contribution in [1.29, 1.82) is 0 Å². The second-order valence-electron chi connectivity index (χ2n) is 8.52. The van der Waals surface area contributed by atoms with Gasteiger partial charge in [0.1, 0.15) is 11.9 Å². The monoisotopic (exact) mass is 448 g/mol. The van der Waals surface area contributed by atoms with Crippen LogP contribution in [0.3, 0.4) is 0 Å². The molecular formula is C24H25FN6O2. The van der Waals surface area contributed by atoms with Gasteiger partial charge in [0, 0.05) is 37.8 Å². The lowest BCUT2D eigenvalue weighted by Crippen LogP contribution is -2.51. The molecule has 1 amide bonds. The van der Waals surface area contributed by atoms with Crippen LogP contribution in [0, 0.1) is 5.82 Å². The number of benzene rings is 1. The van der Waals surface area contributed by atoms with Crippen LogP contribution in [0.2, 0.25) is 0 Å². The first-order chi connectivity index (χ1) is 16.0. The first-order valence-electron chi connectivity index (χ1n) is 11.2. The molecule has 0 radical (unpaired) electrons. The van der Waals surface area contributed by atoms with Crippen LogP contribution < -0.4 is 10.5 Å². The molecular weight excluding hydrogens is 423 g/mol. The zero-order valence-corrected chi connectivity index (χ0v) is 18.4. The summed E-state index contributed by atoms with van der Waals surface area (Å²) in [6.07, 6.45) is 3.18. The molecule has 3 heterocycles. The number of halogens is 1. The van der Waals surface area contributed by atoms with Gasteiger partial charge in [0.05, 0.1) is 11.4 Å². The van der Waals surface area contributed by atoms with Crippen molar-refractivity contribution in [2.45, 2.75) is 32.2 Å². The molecule has 2 aliphatic rings. The number of hydrogen-bond donors (Lipinski definition) is 0. The van der Waals surface area contributed by atoms with E-state index in [4.69, 9.17) is 0 Å². The van der Waals surface area contributed by atoms with Gasteiger partial charge in [-0.1, -0.05) is 0 Å². The summed E-state index contributed by atoms with van der Waals surface area (Å²) >= 11 is 0. The number of anilines is 1. The SMILES string of the molecule is CC(C(=O)N1CCN(c2cc3c(nn2)CCC3)CC1)n1nc(-c2ccc(F)cc2)ccc1=O. The number of rotatable bonds is 4. The molecule has 3 aromatic rings. The molecule has 1 saturated heterocycles. The smallest absolute Gasteiger partial charge is 0.267 e. The van der Waals surface area contributed by atoms with Gasteiger partial charge in [0.25, 0.3) is 5.56 Å². The first-order valence-corrected chi connectivity index (χ1v) is 11.2. The molecule has 1 aliphatic heterocycles. The molecule has 1 aliphatic carbocycles. The summed E-state index contributed by atoms with van der Waals surface area (Å²) < 4.78 is 14.5. The van der Waals surface area contributed by atoms with Crippen LogP contribution in [0.1, 0.15) is 30.6 Å². The third kappa shape index (κ3) is 4.22. The summed E-state index contributed by atoms with van der Waals surface area (Å²) in [5, 5.41) is 13.1. The zero-order valence-electron chi connectivity index (χ0n) is 18.4. The molecule has 5 rings (SSSR count). The summed E-state index contributed by atoms with van der Waals surface area (Å²) in [6.45, 7) is 4.07. The third-order valence-corrected chi connectivity index (χ3v) is 6.41. The van der Waals surface area contributed by atoms with Crippen molar-refractivity contribution in [2.75, 3.05) is 31.1 Å². The fraction of sp³-hybridized carbons (Fsp3) is 0.375. The van der Waals surface area contributed by atoms with Gasteiger partial charge in [-0.2, -0.15) is 10.2 Å². The lowest BCUT2D eigenvalue weighted by atomic mass is 10.1. The summed E-state index contributed by atoms with van der Waals surface area (Å²) in [7, 11) is 0. The van der Waals surface area contributed by atoms with E-state index in [0.29, 0.717) is 37.4 Å². The van der Waals surface area contributed by atoms with Crippen LogP contribution in [-0.4, -0.2) is 57.0 Å². The highest BCUT2D eigenvalue weighted by Gasteiger charge is 2.28. The number of aryl methyl sites for hydroxylation is 2. The largest absolute Gasteiger partial charge is 0.352 e. The van der Waals surface area contributed by atoms with Gasteiger partial charge >= 0.3 is 0 Å². The molecule has 1 atom stereocenters.